The fraction of sp³-hybridized carbons (Fsp3) is 0.500. The van der Waals surface area contributed by atoms with Gasteiger partial charge in [-0.2, -0.15) is 15.3 Å². The number of hydrogen-bond donors (Lipinski definition) is 0. The fourth-order valence-electron chi connectivity index (χ4n) is 4.50. The van der Waals surface area contributed by atoms with E-state index in [0.717, 1.165) is 29.8 Å². The van der Waals surface area contributed by atoms with Crippen molar-refractivity contribution in [1.29, 1.82) is 5.26 Å². The lowest BCUT2D eigenvalue weighted by Crippen LogP contribution is -2.45. The van der Waals surface area contributed by atoms with Crippen LogP contribution in [0.1, 0.15) is 37.4 Å². The lowest BCUT2D eigenvalue weighted by Gasteiger charge is -2.44. The molecule has 0 saturated heterocycles. The summed E-state index contributed by atoms with van der Waals surface area (Å²) < 4.78 is 7.13. The summed E-state index contributed by atoms with van der Waals surface area (Å²) in [5, 5.41) is 18.0. The van der Waals surface area contributed by atoms with Crippen molar-refractivity contribution in [3.05, 3.63) is 28.7 Å². The molecule has 2 heterocycles. The fourth-order valence-corrected chi connectivity index (χ4v) is 4.50. The van der Waals surface area contributed by atoms with Crippen molar-refractivity contribution in [2.75, 3.05) is 0 Å². The molecule has 2 aliphatic carbocycles. The topological polar surface area (TPSA) is 97.6 Å². The Labute approximate surface area is 145 Å². The molecule has 7 nitrogen and oxygen atoms in total. The molecular formula is C18H19N5O2. The summed E-state index contributed by atoms with van der Waals surface area (Å²) >= 11 is 0. The van der Waals surface area contributed by atoms with Crippen molar-refractivity contribution in [3.63, 3.8) is 0 Å². The Morgan fingerprint density at radius 3 is 2.88 bits per heavy atom. The van der Waals surface area contributed by atoms with Gasteiger partial charge in [0.25, 0.3) is 5.89 Å². The molecular weight excluding hydrogens is 318 g/mol. The number of nitriles is 1. The van der Waals surface area contributed by atoms with Gasteiger partial charge in [0.1, 0.15) is 11.8 Å². The van der Waals surface area contributed by atoms with Crippen LogP contribution in [0.15, 0.2) is 16.2 Å². The molecule has 0 fully saturated rings. The van der Waals surface area contributed by atoms with E-state index in [1.54, 1.807) is 11.6 Å². The third-order valence-electron chi connectivity index (χ3n) is 5.71. The van der Waals surface area contributed by atoms with Gasteiger partial charge in [0.15, 0.2) is 11.6 Å². The van der Waals surface area contributed by atoms with Crippen LogP contribution in [0.5, 0.6) is 0 Å². The third kappa shape index (κ3) is 2.03. The number of carbonyl (C=O) groups excluding carboxylic acids is 1. The first-order valence-corrected chi connectivity index (χ1v) is 8.41. The van der Waals surface area contributed by atoms with Gasteiger partial charge in [-0.15, -0.1) is 0 Å². The number of rotatable bonds is 1. The quantitative estimate of drug-likeness (QED) is 0.792. The highest BCUT2D eigenvalue weighted by Gasteiger charge is 2.50. The van der Waals surface area contributed by atoms with E-state index in [9.17, 15) is 10.1 Å². The Balaban J connectivity index is 1.94. The molecule has 0 N–H and O–H groups in total. The van der Waals surface area contributed by atoms with E-state index in [4.69, 9.17) is 9.62 Å². The zero-order valence-electron chi connectivity index (χ0n) is 14.7. The van der Waals surface area contributed by atoms with Crippen molar-refractivity contribution in [3.8, 4) is 17.7 Å². The molecule has 2 aliphatic rings. The van der Waals surface area contributed by atoms with Crippen LogP contribution >= 0.6 is 0 Å². The van der Waals surface area contributed by atoms with Crippen molar-refractivity contribution in [2.24, 2.45) is 18.9 Å². The van der Waals surface area contributed by atoms with Crippen molar-refractivity contribution < 1.29 is 9.32 Å². The van der Waals surface area contributed by atoms with Gasteiger partial charge in [0.2, 0.25) is 0 Å². The number of hydrogen-bond acceptors (Lipinski definition) is 6. The van der Waals surface area contributed by atoms with Crippen LogP contribution in [0, 0.1) is 30.1 Å². The molecule has 128 valence electrons. The number of aryl methyl sites for hydroxylation is 2. The van der Waals surface area contributed by atoms with Gasteiger partial charge in [-0.25, -0.2) is 0 Å². The standard InChI is InChI=1S/C18H19N5O2/c1-9-13-6-5-12-14(17-20-10(2)22-25-17)23(4)21-16(12)18(13,3)7-11(8-19)15(9)24/h7,9,13H,5-6H2,1-4H3/t9-,13-,18-/m0/s1. The normalized spacial score (nSPS) is 28.1. The summed E-state index contributed by atoms with van der Waals surface area (Å²) in [6, 6.07) is 2.07. The predicted molar refractivity (Wildman–Crippen MR) is 88.3 cm³/mol. The maximum Gasteiger partial charge on any atom is 0.276 e. The van der Waals surface area contributed by atoms with Gasteiger partial charge in [-0.3, -0.25) is 9.48 Å². The highest BCUT2D eigenvalue weighted by atomic mass is 16.5. The first-order valence-electron chi connectivity index (χ1n) is 8.41. The largest absolute Gasteiger partial charge is 0.332 e. The molecule has 0 amide bonds. The van der Waals surface area contributed by atoms with Crippen LogP contribution in [0.3, 0.4) is 0 Å². The van der Waals surface area contributed by atoms with Crippen LogP contribution in [-0.2, 0) is 23.7 Å². The maximum absolute atomic E-state index is 12.4. The number of aromatic nitrogens is 4. The van der Waals surface area contributed by atoms with E-state index in [0.29, 0.717) is 11.7 Å². The summed E-state index contributed by atoms with van der Waals surface area (Å²) in [5.41, 5.74) is 2.59. The molecule has 0 spiro atoms. The minimum atomic E-state index is -0.447. The Morgan fingerprint density at radius 2 is 2.24 bits per heavy atom. The Morgan fingerprint density at radius 1 is 1.48 bits per heavy atom. The second kappa shape index (κ2) is 5.12. The molecule has 0 unspecified atom stereocenters. The van der Waals surface area contributed by atoms with Gasteiger partial charge >= 0.3 is 0 Å². The summed E-state index contributed by atoms with van der Waals surface area (Å²) in [6.45, 7) is 5.78. The molecule has 2 aromatic rings. The highest BCUT2D eigenvalue weighted by molar-refractivity contribution is 6.02. The van der Waals surface area contributed by atoms with E-state index >= 15 is 0 Å². The van der Waals surface area contributed by atoms with E-state index in [2.05, 4.69) is 23.1 Å². The van der Waals surface area contributed by atoms with Crippen molar-refractivity contribution in [2.45, 2.75) is 39.0 Å². The zero-order valence-corrected chi connectivity index (χ0v) is 14.7. The maximum atomic E-state index is 12.4. The van der Waals surface area contributed by atoms with Crippen molar-refractivity contribution >= 4 is 5.78 Å². The van der Waals surface area contributed by atoms with Gasteiger partial charge in [0.05, 0.1) is 11.3 Å². The summed E-state index contributed by atoms with van der Waals surface area (Å²) in [5.74, 6) is 0.927. The first kappa shape index (κ1) is 15.8. The van der Waals surface area contributed by atoms with Crippen LogP contribution in [0.25, 0.3) is 11.6 Å². The zero-order chi connectivity index (χ0) is 17.9. The smallest absolute Gasteiger partial charge is 0.276 e. The summed E-state index contributed by atoms with van der Waals surface area (Å²) in [7, 11) is 1.86. The van der Waals surface area contributed by atoms with E-state index < -0.39 is 5.41 Å². The van der Waals surface area contributed by atoms with Crippen LogP contribution < -0.4 is 0 Å². The Bertz CT molecular complexity index is 961. The number of nitrogens with zero attached hydrogens (tertiary/aromatic N) is 5. The van der Waals surface area contributed by atoms with Crippen LogP contribution in [-0.4, -0.2) is 25.7 Å². The second-order valence-corrected chi connectivity index (χ2v) is 7.20. The van der Waals surface area contributed by atoms with Gasteiger partial charge in [0, 0.05) is 23.9 Å². The molecule has 2 aromatic heterocycles. The number of allylic oxidation sites excluding steroid dienone is 2. The number of Topliss-reactive ketones (excluding diaryl/α,β-unsaturated/α-hetero) is 1. The molecule has 25 heavy (non-hydrogen) atoms. The lowest BCUT2D eigenvalue weighted by molar-refractivity contribution is -0.121. The molecule has 7 heteroatoms. The molecule has 0 radical (unpaired) electrons. The van der Waals surface area contributed by atoms with Crippen LogP contribution in [0.2, 0.25) is 0 Å². The molecule has 0 aliphatic heterocycles. The van der Waals surface area contributed by atoms with Gasteiger partial charge < -0.3 is 4.52 Å². The molecule has 3 atom stereocenters. The summed E-state index contributed by atoms with van der Waals surface area (Å²) in [4.78, 5) is 16.8. The Kier molecular flexibility index (Phi) is 3.23. The SMILES string of the molecule is Cc1noc(-c2c3c(nn2C)[C@@]2(C)C=C(C#N)C(=O)[C@@H](C)[C@@H]2CC3)n1. The van der Waals surface area contributed by atoms with Crippen LogP contribution in [0.4, 0.5) is 0 Å². The number of carbonyl (C=O) groups is 1. The molecule has 0 aromatic carbocycles. The monoisotopic (exact) mass is 337 g/mol. The third-order valence-corrected chi connectivity index (χ3v) is 5.71. The number of ketones is 1. The van der Waals surface area contributed by atoms with E-state index in [1.165, 1.54) is 0 Å². The second-order valence-electron chi connectivity index (χ2n) is 7.20. The average molecular weight is 337 g/mol. The number of fused-ring (bicyclic) bond motifs is 3. The van der Waals surface area contributed by atoms with E-state index in [1.807, 2.05) is 20.0 Å². The molecule has 4 rings (SSSR count). The summed E-state index contributed by atoms with van der Waals surface area (Å²) in [6.07, 6.45) is 3.47. The van der Waals surface area contributed by atoms with E-state index in [-0.39, 0.29) is 23.2 Å². The van der Waals surface area contributed by atoms with Gasteiger partial charge in [-0.1, -0.05) is 25.1 Å². The van der Waals surface area contributed by atoms with Gasteiger partial charge in [-0.05, 0) is 25.7 Å². The predicted octanol–water partition coefficient (Wildman–Crippen LogP) is 2.27. The minimum Gasteiger partial charge on any atom is -0.332 e. The first-order chi connectivity index (χ1) is 11.9. The highest BCUT2D eigenvalue weighted by Crippen LogP contribution is 2.50. The Hall–Kier alpha value is -2.75. The molecule has 0 bridgehead atoms. The van der Waals surface area contributed by atoms with Crippen molar-refractivity contribution in [1.82, 2.24) is 19.9 Å². The lowest BCUT2D eigenvalue weighted by atomic mass is 9.58. The minimum absolute atomic E-state index is 0.0582. The average Bonchev–Trinajstić information content (AvgIpc) is 3.14. The molecule has 0 saturated carbocycles.